The van der Waals surface area contributed by atoms with E-state index < -0.39 is 0 Å². The van der Waals surface area contributed by atoms with Gasteiger partial charge in [-0.15, -0.1) is 0 Å². The maximum Gasteiger partial charge on any atom is 0.0448 e. The Morgan fingerprint density at radius 1 is 1.24 bits per heavy atom. The number of hydrogen-bond donors (Lipinski definition) is 1. The zero-order valence-electron chi connectivity index (χ0n) is 10.6. The number of rotatable bonds is 4. The molecule has 0 amide bonds. The fraction of sp³-hybridized carbons (Fsp3) is 0.571. The van der Waals surface area contributed by atoms with Crippen molar-refractivity contribution in [2.75, 3.05) is 18.6 Å². The van der Waals surface area contributed by atoms with Gasteiger partial charge in [0.2, 0.25) is 0 Å². The molecule has 1 nitrogen and oxygen atoms in total. The maximum absolute atomic E-state index is 3.52. The summed E-state index contributed by atoms with van der Waals surface area (Å²) in [5.74, 6) is 2.60. The summed E-state index contributed by atoms with van der Waals surface area (Å²) in [4.78, 5) is 0. The number of nitrogens with one attached hydrogen (secondary N) is 1. The zero-order chi connectivity index (χ0) is 12.1. The summed E-state index contributed by atoms with van der Waals surface area (Å²) < 4.78 is 0. The van der Waals surface area contributed by atoms with Crippen molar-refractivity contribution in [1.82, 2.24) is 5.32 Å². The summed E-state index contributed by atoms with van der Waals surface area (Å²) in [6.45, 7) is 2.31. The zero-order valence-corrected chi connectivity index (χ0v) is 12.2. The van der Waals surface area contributed by atoms with Crippen molar-refractivity contribution in [2.24, 2.45) is 0 Å². The van der Waals surface area contributed by atoms with Crippen LogP contribution in [0, 0.1) is 0 Å². The first kappa shape index (κ1) is 13.3. The molecule has 1 aliphatic heterocycles. The molecule has 3 unspecified atom stereocenters. The van der Waals surface area contributed by atoms with Gasteiger partial charge in [0.25, 0.3) is 0 Å². The Bertz CT molecular complexity index is 328. The SMILES string of the molecule is CCC1SCCSC1C(NC)c1ccccc1. The van der Waals surface area contributed by atoms with E-state index in [0.29, 0.717) is 11.3 Å². The molecule has 17 heavy (non-hydrogen) atoms. The van der Waals surface area contributed by atoms with Crippen LogP contribution in [-0.2, 0) is 0 Å². The number of benzene rings is 1. The molecule has 0 radical (unpaired) electrons. The standard InChI is InChI=1S/C14H21NS2/c1-3-12-14(17-10-9-16-12)13(15-2)11-7-5-4-6-8-11/h4-8,12-15H,3,9-10H2,1-2H3. The molecule has 1 heterocycles. The summed E-state index contributed by atoms with van der Waals surface area (Å²) in [6, 6.07) is 11.3. The number of thioether (sulfide) groups is 2. The largest absolute Gasteiger partial charge is 0.312 e. The lowest BCUT2D eigenvalue weighted by Gasteiger charge is -2.36. The minimum Gasteiger partial charge on any atom is -0.312 e. The smallest absolute Gasteiger partial charge is 0.0448 e. The first-order valence-electron chi connectivity index (χ1n) is 6.32. The monoisotopic (exact) mass is 267 g/mol. The van der Waals surface area contributed by atoms with Crippen molar-refractivity contribution in [1.29, 1.82) is 0 Å². The third-order valence-electron chi connectivity index (χ3n) is 3.29. The predicted octanol–water partition coefficient (Wildman–Crippen LogP) is 3.57. The van der Waals surface area contributed by atoms with Crippen LogP contribution in [0.15, 0.2) is 30.3 Å². The normalized spacial score (nSPS) is 26.7. The second-order valence-electron chi connectivity index (χ2n) is 4.33. The van der Waals surface area contributed by atoms with E-state index in [1.165, 1.54) is 23.5 Å². The molecule has 0 aromatic heterocycles. The third kappa shape index (κ3) is 3.21. The van der Waals surface area contributed by atoms with Gasteiger partial charge < -0.3 is 5.32 Å². The summed E-state index contributed by atoms with van der Waals surface area (Å²) in [5.41, 5.74) is 1.42. The van der Waals surface area contributed by atoms with E-state index in [9.17, 15) is 0 Å². The Morgan fingerprint density at radius 3 is 2.59 bits per heavy atom. The highest BCUT2D eigenvalue weighted by Crippen LogP contribution is 2.39. The van der Waals surface area contributed by atoms with Gasteiger partial charge in [0.05, 0.1) is 0 Å². The summed E-state index contributed by atoms with van der Waals surface area (Å²) in [7, 11) is 2.09. The Balaban J connectivity index is 2.16. The van der Waals surface area contributed by atoms with Crippen molar-refractivity contribution >= 4 is 23.5 Å². The average molecular weight is 267 g/mol. The minimum absolute atomic E-state index is 0.485. The molecule has 1 aliphatic rings. The molecule has 3 atom stereocenters. The molecule has 0 spiro atoms. The van der Waals surface area contributed by atoms with Crippen molar-refractivity contribution in [2.45, 2.75) is 29.9 Å². The van der Waals surface area contributed by atoms with Gasteiger partial charge in [-0.05, 0) is 19.0 Å². The van der Waals surface area contributed by atoms with Crippen LogP contribution in [0.3, 0.4) is 0 Å². The molecule has 1 aromatic carbocycles. The maximum atomic E-state index is 3.52. The lowest BCUT2D eigenvalue weighted by atomic mass is 10.0. The van der Waals surface area contributed by atoms with Gasteiger partial charge in [-0.2, -0.15) is 23.5 Å². The Kier molecular flexibility index (Phi) is 5.26. The van der Waals surface area contributed by atoms with Gasteiger partial charge in [-0.3, -0.25) is 0 Å². The van der Waals surface area contributed by atoms with Crippen LogP contribution in [0.25, 0.3) is 0 Å². The van der Waals surface area contributed by atoms with Crippen molar-refractivity contribution in [3.8, 4) is 0 Å². The number of hydrogen-bond acceptors (Lipinski definition) is 3. The van der Waals surface area contributed by atoms with Crippen molar-refractivity contribution in [3.05, 3.63) is 35.9 Å². The first-order valence-corrected chi connectivity index (χ1v) is 8.42. The molecular formula is C14H21NS2. The second kappa shape index (κ2) is 6.72. The third-order valence-corrected chi connectivity index (χ3v) is 6.64. The Labute approximate surface area is 113 Å². The van der Waals surface area contributed by atoms with E-state index in [4.69, 9.17) is 0 Å². The molecule has 1 saturated heterocycles. The molecule has 0 saturated carbocycles. The van der Waals surface area contributed by atoms with Crippen molar-refractivity contribution < 1.29 is 0 Å². The van der Waals surface area contributed by atoms with Gasteiger partial charge in [-0.1, -0.05) is 37.3 Å². The highest BCUT2D eigenvalue weighted by atomic mass is 32.2. The predicted molar refractivity (Wildman–Crippen MR) is 81.0 cm³/mol. The lowest BCUT2D eigenvalue weighted by Crippen LogP contribution is -2.37. The Hall–Kier alpha value is -0.120. The summed E-state index contributed by atoms with van der Waals surface area (Å²) in [5, 5.41) is 5.00. The van der Waals surface area contributed by atoms with Crippen LogP contribution in [0.4, 0.5) is 0 Å². The van der Waals surface area contributed by atoms with Gasteiger partial charge in [-0.25, -0.2) is 0 Å². The first-order chi connectivity index (χ1) is 8.36. The van der Waals surface area contributed by atoms with Crippen LogP contribution in [0.2, 0.25) is 0 Å². The average Bonchev–Trinajstić information content (AvgIpc) is 2.41. The molecule has 94 valence electrons. The molecule has 3 heteroatoms. The lowest BCUT2D eigenvalue weighted by molar-refractivity contribution is 0.544. The van der Waals surface area contributed by atoms with Crippen LogP contribution in [0.5, 0.6) is 0 Å². The van der Waals surface area contributed by atoms with Gasteiger partial charge in [0.1, 0.15) is 0 Å². The molecule has 1 fully saturated rings. The van der Waals surface area contributed by atoms with E-state index >= 15 is 0 Å². The van der Waals surface area contributed by atoms with E-state index in [0.717, 1.165) is 5.25 Å². The van der Waals surface area contributed by atoms with Gasteiger partial charge >= 0.3 is 0 Å². The fourth-order valence-corrected chi connectivity index (χ4v) is 5.72. The summed E-state index contributed by atoms with van der Waals surface area (Å²) in [6.07, 6.45) is 1.27. The minimum atomic E-state index is 0.485. The topological polar surface area (TPSA) is 12.0 Å². The van der Waals surface area contributed by atoms with Gasteiger partial charge in [0, 0.05) is 28.0 Å². The van der Waals surface area contributed by atoms with Crippen molar-refractivity contribution in [3.63, 3.8) is 0 Å². The highest BCUT2D eigenvalue weighted by molar-refractivity contribution is 8.07. The molecule has 1 N–H and O–H groups in total. The van der Waals surface area contributed by atoms with E-state index in [2.05, 4.69) is 73.1 Å². The van der Waals surface area contributed by atoms with Crippen LogP contribution in [0.1, 0.15) is 24.9 Å². The fourth-order valence-electron chi connectivity index (χ4n) is 2.43. The molecule has 0 aliphatic carbocycles. The molecular weight excluding hydrogens is 246 g/mol. The second-order valence-corrected chi connectivity index (χ2v) is 6.96. The molecule has 2 rings (SSSR count). The highest BCUT2D eigenvalue weighted by Gasteiger charge is 2.31. The van der Waals surface area contributed by atoms with Crippen LogP contribution in [-0.4, -0.2) is 29.1 Å². The quantitative estimate of drug-likeness (QED) is 0.895. The van der Waals surface area contributed by atoms with E-state index in [-0.39, 0.29) is 0 Å². The van der Waals surface area contributed by atoms with Gasteiger partial charge in [0.15, 0.2) is 0 Å². The van der Waals surface area contributed by atoms with E-state index in [1.54, 1.807) is 0 Å². The van der Waals surface area contributed by atoms with E-state index in [1.807, 2.05) is 0 Å². The molecule has 1 aromatic rings. The summed E-state index contributed by atoms with van der Waals surface area (Å²) >= 11 is 4.29. The van der Waals surface area contributed by atoms with Crippen LogP contribution >= 0.6 is 23.5 Å². The molecule has 0 bridgehead atoms. The Morgan fingerprint density at radius 2 is 1.94 bits per heavy atom. The van der Waals surface area contributed by atoms with Crippen LogP contribution < -0.4 is 5.32 Å².